The number of carbonyl (C=O) groups is 2. The first-order valence-electron chi connectivity index (χ1n) is 25.8. The van der Waals surface area contributed by atoms with E-state index in [1.807, 2.05) is 36.5 Å². The number of phenols is 1. The van der Waals surface area contributed by atoms with Gasteiger partial charge in [-0.15, -0.1) is 0 Å². The molecule has 372 valence electrons. The van der Waals surface area contributed by atoms with Crippen LogP contribution in [0.1, 0.15) is 104 Å². The monoisotopic (exact) mass is 959 g/mol. The van der Waals surface area contributed by atoms with Crippen LogP contribution in [0.2, 0.25) is 0 Å². The Morgan fingerprint density at radius 2 is 1.66 bits per heavy atom. The minimum atomic E-state index is -1.82. The summed E-state index contributed by atoms with van der Waals surface area (Å²) in [6.07, 6.45) is 8.30. The van der Waals surface area contributed by atoms with Gasteiger partial charge in [0.2, 0.25) is 0 Å². The lowest BCUT2D eigenvalue weighted by atomic mass is 9.73. The quantitative estimate of drug-likeness (QED) is 0.0644. The number of anilines is 1. The number of allylic oxidation sites excluding steroid dienone is 2. The van der Waals surface area contributed by atoms with Crippen molar-refractivity contribution in [2.75, 3.05) is 32.1 Å². The number of aryl methyl sites for hydroxylation is 1. The first-order valence-corrected chi connectivity index (χ1v) is 25.8. The van der Waals surface area contributed by atoms with Crippen LogP contribution in [0.4, 0.5) is 5.69 Å². The number of ether oxygens (including phenoxy) is 1. The molecule has 4 aromatic carbocycles. The molecule has 0 spiro atoms. The number of hydrogen-bond donors (Lipinski definition) is 8. The Hall–Kier alpha value is -6.16. The molecule has 1 aromatic heterocycles. The number of carbonyl (C=O) groups excluding carboxylic acids is 2. The number of ketones is 2. The molecule has 0 saturated heterocycles. The number of aromatic hydroxyl groups is 1. The normalized spacial score (nSPS) is 27.8. The van der Waals surface area contributed by atoms with E-state index in [2.05, 4.69) is 101 Å². The second-order valence-corrected chi connectivity index (χ2v) is 20.7. The van der Waals surface area contributed by atoms with Crippen LogP contribution in [0.15, 0.2) is 115 Å². The van der Waals surface area contributed by atoms with E-state index < -0.39 is 47.6 Å². The number of rotatable bonds is 4. The second kappa shape index (κ2) is 22.5. The van der Waals surface area contributed by atoms with Crippen LogP contribution in [0.25, 0.3) is 10.8 Å². The summed E-state index contributed by atoms with van der Waals surface area (Å²) in [7, 11) is 1.48. The minimum absolute atomic E-state index is 0.0341. The van der Waals surface area contributed by atoms with Gasteiger partial charge in [0.05, 0.1) is 25.2 Å². The average molecular weight is 959 g/mol. The predicted molar refractivity (Wildman–Crippen MR) is 279 cm³/mol. The summed E-state index contributed by atoms with van der Waals surface area (Å²) in [6, 6.07) is 28.2. The lowest BCUT2D eigenvalue weighted by Gasteiger charge is -2.33. The highest BCUT2D eigenvalue weighted by Gasteiger charge is 2.43. The molecule has 2 aliphatic carbocycles. The van der Waals surface area contributed by atoms with Crippen molar-refractivity contribution in [3.63, 3.8) is 0 Å². The Morgan fingerprint density at radius 3 is 2.48 bits per heavy atom. The van der Waals surface area contributed by atoms with Crippen molar-refractivity contribution in [2.24, 2.45) is 29.6 Å². The number of benzene rings is 4. The van der Waals surface area contributed by atoms with Gasteiger partial charge in [-0.3, -0.25) is 9.59 Å². The van der Waals surface area contributed by atoms with Crippen LogP contribution in [0.3, 0.4) is 0 Å². The SMILES string of the molecule is CCC[C@@H]1[C@H]2C[C@@H](CC3=CCNC(=C3)Nc3ccc4ccc(cc4c3)C[C@H](O)CNC[C@@H](C)c3c[nH]c(c3)C[C@@H]1O)C[C@H]1C#C[C@@H](c3ccccc3)c3cc(O)c(OC)cc3CCC(=O)[C@H](O)C(=O)[C@H]1C2. The lowest BCUT2D eigenvalue weighted by molar-refractivity contribution is -0.142. The van der Waals surface area contributed by atoms with E-state index in [1.54, 1.807) is 12.1 Å². The van der Waals surface area contributed by atoms with E-state index in [1.165, 1.54) is 7.11 Å². The number of aliphatic hydroxyl groups excluding tert-OH is 3. The van der Waals surface area contributed by atoms with Crippen molar-refractivity contribution in [1.82, 2.24) is 15.6 Å². The molecule has 11 heteroatoms. The molecular weight excluding hydrogens is 889 g/mol. The van der Waals surface area contributed by atoms with Crippen LogP contribution >= 0.6 is 0 Å². The third-order valence-corrected chi connectivity index (χ3v) is 15.6. The first-order chi connectivity index (χ1) is 34.4. The number of aliphatic hydroxyl groups is 3. The zero-order chi connectivity index (χ0) is 49.6. The Morgan fingerprint density at radius 1 is 0.831 bits per heavy atom. The van der Waals surface area contributed by atoms with E-state index in [0.717, 1.165) is 80.6 Å². The highest BCUT2D eigenvalue weighted by atomic mass is 16.5. The molecule has 0 unspecified atom stereocenters. The second-order valence-electron chi connectivity index (χ2n) is 20.7. The molecule has 11 nitrogen and oxygen atoms in total. The maximum Gasteiger partial charge on any atom is 0.173 e. The molecule has 5 aromatic rings. The summed E-state index contributed by atoms with van der Waals surface area (Å²) >= 11 is 0. The number of β-amino-alcohol motifs (C(OH)–C–C–N with tert-alkyl or cyclic N) is 1. The van der Waals surface area contributed by atoms with Gasteiger partial charge in [0.15, 0.2) is 29.2 Å². The molecule has 0 radical (unpaired) electrons. The number of H-pyrrole nitrogens is 1. The van der Waals surface area contributed by atoms with Gasteiger partial charge in [-0.05, 0) is 149 Å². The summed E-state index contributed by atoms with van der Waals surface area (Å²) in [5.74, 6) is 5.49. The van der Waals surface area contributed by atoms with Crippen LogP contribution in [0.5, 0.6) is 11.5 Å². The van der Waals surface area contributed by atoms with Gasteiger partial charge in [0.25, 0.3) is 0 Å². The number of nitrogens with one attached hydrogen (secondary N) is 4. The van der Waals surface area contributed by atoms with Crippen LogP contribution < -0.4 is 20.7 Å². The molecule has 3 heterocycles. The molecule has 2 aliphatic heterocycles. The van der Waals surface area contributed by atoms with Crippen molar-refractivity contribution < 1.29 is 34.8 Å². The fourth-order valence-electron chi connectivity index (χ4n) is 11.9. The van der Waals surface area contributed by atoms with Gasteiger partial charge in [-0.25, -0.2) is 0 Å². The number of dihydropyridines is 1. The summed E-state index contributed by atoms with van der Waals surface area (Å²) < 4.78 is 5.51. The van der Waals surface area contributed by atoms with Crippen LogP contribution in [-0.2, 0) is 28.9 Å². The van der Waals surface area contributed by atoms with Gasteiger partial charge in [0, 0.05) is 61.9 Å². The van der Waals surface area contributed by atoms with E-state index in [0.29, 0.717) is 51.7 Å². The number of fused-ring (bicyclic) bond motifs is 9. The van der Waals surface area contributed by atoms with E-state index in [9.17, 15) is 30.0 Å². The molecule has 9 bridgehead atoms. The summed E-state index contributed by atoms with van der Waals surface area (Å²) in [5.41, 5.74) is 7.62. The Labute approximate surface area is 418 Å². The number of Topliss-reactive ketones (excluding diaryl/α,β-unsaturated/α-hetero) is 2. The Bertz CT molecular complexity index is 2820. The zero-order valence-electron chi connectivity index (χ0n) is 41.3. The van der Waals surface area contributed by atoms with E-state index in [4.69, 9.17) is 4.74 Å². The smallest absolute Gasteiger partial charge is 0.173 e. The topological polar surface area (TPSA) is 176 Å². The third kappa shape index (κ3) is 11.8. The first kappa shape index (κ1) is 49.8. The van der Waals surface area contributed by atoms with Crippen LogP contribution in [-0.4, -0.2) is 82.0 Å². The molecule has 1 fully saturated rings. The number of phenolic OH excluding ortho intramolecular Hbond substituents is 1. The van der Waals surface area contributed by atoms with Crippen molar-refractivity contribution in [3.05, 3.63) is 148 Å². The van der Waals surface area contributed by atoms with Gasteiger partial charge in [0.1, 0.15) is 5.82 Å². The fourth-order valence-corrected chi connectivity index (χ4v) is 11.9. The largest absolute Gasteiger partial charge is 0.504 e. The molecule has 4 aliphatic rings. The lowest BCUT2D eigenvalue weighted by Crippen LogP contribution is -2.40. The van der Waals surface area contributed by atoms with Gasteiger partial charge < -0.3 is 46.1 Å². The number of aromatic nitrogens is 1. The highest BCUT2D eigenvalue weighted by molar-refractivity contribution is 6.06. The van der Waals surface area contributed by atoms with Gasteiger partial charge in [-0.1, -0.05) is 92.8 Å². The van der Waals surface area contributed by atoms with E-state index >= 15 is 0 Å². The van der Waals surface area contributed by atoms with Crippen molar-refractivity contribution in [3.8, 4) is 23.3 Å². The summed E-state index contributed by atoms with van der Waals surface area (Å²) in [4.78, 5) is 32.4. The Kier molecular flexibility index (Phi) is 15.8. The molecule has 71 heavy (non-hydrogen) atoms. The summed E-state index contributed by atoms with van der Waals surface area (Å²) in [6.45, 7) is 6.05. The number of methoxy groups -OCH3 is 1. The number of hydrogen-bond acceptors (Lipinski definition) is 10. The van der Waals surface area contributed by atoms with Crippen LogP contribution in [0, 0.1) is 41.4 Å². The average Bonchev–Trinajstić information content (AvgIpc) is 3.76. The zero-order valence-corrected chi connectivity index (χ0v) is 41.3. The summed E-state index contributed by atoms with van der Waals surface area (Å²) in [5, 5.41) is 59.3. The molecule has 10 atom stereocenters. The minimum Gasteiger partial charge on any atom is -0.504 e. The predicted octanol–water partition coefficient (Wildman–Crippen LogP) is 8.61. The highest BCUT2D eigenvalue weighted by Crippen LogP contribution is 2.45. The van der Waals surface area contributed by atoms with Crippen molar-refractivity contribution in [1.29, 1.82) is 0 Å². The van der Waals surface area contributed by atoms with Gasteiger partial charge >= 0.3 is 0 Å². The number of aromatic amines is 1. The van der Waals surface area contributed by atoms with Crippen molar-refractivity contribution in [2.45, 2.75) is 108 Å². The molecular formula is C60H70N4O7. The maximum atomic E-state index is 14.9. The maximum absolute atomic E-state index is 14.9. The van der Waals surface area contributed by atoms with Crippen molar-refractivity contribution >= 4 is 28.0 Å². The molecule has 0 amide bonds. The molecule has 9 rings (SSSR count). The third-order valence-electron chi connectivity index (χ3n) is 15.6. The standard InChI is InChI=1S/C60H70N4O7/c1-4-8-51-45-24-39(23-42-14-17-50(41-9-6-5-7-10-41)52-32-56(68)57(71-3)30-43(52)15-18-54(66)60(70)59(69)53(42)29-45)21-38-19-20-62-58(26-38)64-47-16-13-40-12-11-37(22-44(40)27-47)25-49(65)35-61-33-36(2)46-28-48(63-34-46)31-55(51)67/h5-7,9-13,16,19,22,26-28,30,32,34,36,39,42,45,49-51,53,55,60-65,67-68,70H,4,8,15,18,20-21,23-25,29,31,33,35H2,1-3H3/t36-,39+,42-,45+,49+,50+,51-,53+,55+,60+/m1/s1. The van der Waals surface area contributed by atoms with E-state index in [-0.39, 0.29) is 48.0 Å². The molecule has 8 N–H and O–H groups in total. The Balaban J connectivity index is 1.13. The van der Waals surface area contributed by atoms with Gasteiger partial charge in [-0.2, -0.15) is 0 Å². The fraction of sp³-hybridized carbons (Fsp3) is 0.433. The molecule has 1 saturated carbocycles.